The minimum atomic E-state index is -3.40. The molecule has 0 aliphatic heterocycles. The van der Waals surface area contributed by atoms with Crippen LogP contribution >= 0.6 is 0 Å². The summed E-state index contributed by atoms with van der Waals surface area (Å²) in [7, 11) is -3.40. The molecule has 0 saturated heterocycles. The van der Waals surface area contributed by atoms with E-state index in [0.29, 0.717) is 11.4 Å². The van der Waals surface area contributed by atoms with Crippen molar-refractivity contribution in [3.05, 3.63) is 42.5 Å². The van der Waals surface area contributed by atoms with Gasteiger partial charge in [0.15, 0.2) is 0 Å². The first-order valence-corrected chi connectivity index (χ1v) is 9.63. The lowest BCUT2D eigenvalue weighted by Gasteiger charge is -2.29. The molecule has 1 fully saturated rings. The van der Waals surface area contributed by atoms with Crippen LogP contribution in [0.4, 0.5) is 0 Å². The Balaban J connectivity index is 2.02. The molecule has 122 valence electrons. The maximum absolute atomic E-state index is 12.4. The van der Waals surface area contributed by atoms with Gasteiger partial charge in [0.1, 0.15) is 0 Å². The molecule has 0 spiro atoms. The third-order valence-electron chi connectivity index (χ3n) is 4.75. The van der Waals surface area contributed by atoms with Gasteiger partial charge in [-0.05, 0) is 56.6 Å². The largest absolute Gasteiger partial charge is 0.240 e. The predicted octanol–water partition coefficient (Wildman–Crippen LogP) is 4.19. The Morgan fingerprint density at radius 3 is 2.45 bits per heavy atom. The van der Waals surface area contributed by atoms with Crippen LogP contribution < -0.4 is 4.72 Å². The molecular formula is C18H27NO2S. The zero-order valence-electron chi connectivity index (χ0n) is 13.5. The number of allylic oxidation sites excluding steroid dienone is 1. The molecule has 0 atom stereocenters. The first-order chi connectivity index (χ1) is 10.5. The van der Waals surface area contributed by atoms with E-state index in [1.54, 1.807) is 12.1 Å². The molecule has 0 heterocycles. The number of hydrogen-bond donors (Lipinski definition) is 1. The summed E-state index contributed by atoms with van der Waals surface area (Å²) in [5.41, 5.74) is 1.21. The highest BCUT2D eigenvalue weighted by Gasteiger charge is 2.34. The molecule has 1 aromatic rings. The molecule has 0 unspecified atom stereocenters. The highest BCUT2D eigenvalue weighted by Crippen LogP contribution is 2.42. The third-order valence-corrected chi connectivity index (χ3v) is 6.17. The van der Waals surface area contributed by atoms with E-state index in [2.05, 4.69) is 11.3 Å². The van der Waals surface area contributed by atoms with E-state index < -0.39 is 10.0 Å². The number of rotatable bonds is 8. The summed E-state index contributed by atoms with van der Waals surface area (Å²) in [6, 6.07) is 7.03. The van der Waals surface area contributed by atoms with Gasteiger partial charge < -0.3 is 0 Å². The van der Waals surface area contributed by atoms with Crippen LogP contribution in [0.2, 0.25) is 0 Å². The molecule has 0 aromatic heterocycles. The topological polar surface area (TPSA) is 46.2 Å². The van der Waals surface area contributed by atoms with Gasteiger partial charge in [0.2, 0.25) is 10.0 Å². The van der Waals surface area contributed by atoms with E-state index in [0.717, 1.165) is 37.7 Å². The van der Waals surface area contributed by atoms with Crippen LogP contribution in [0.1, 0.15) is 50.5 Å². The molecular weight excluding hydrogens is 294 g/mol. The van der Waals surface area contributed by atoms with Crippen molar-refractivity contribution < 1.29 is 8.42 Å². The standard InChI is InChI=1S/C18H27NO2S/c1-3-4-5-12-18(13-6-7-14-18)15-19-22(20,21)17-10-8-16(2)9-11-17/h3,8-11,19H,1,4-7,12-15H2,2H3. The Labute approximate surface area is 134 Å². The summed E-state index contributed by atoms with van der Waals surface area (Å²) >= 11 is 0. The van der Waals surface area contributed by atoms with Crippen LogP contribution in [0, 0.1) is 12.3 Å². The molecule has 0 radical (unpaired) electrons. The second-order valence-electron chi connectivity index (χ2n) is 6.53. The fourth-order valence-electron chi connectivity index (χ4n) is 3.31. The highest BCUT2D eigenvalue weighted by atomic mass is 32.2. The van der Waals surface area contributed by atoms with Crippen molar-refractivity contribution in [2.24, 2.45) is 5.41 Å². The molecule has 22 heavy (non-hydrogen) atoms. The Hall–Kier alpha value is -1.13. The van der Waals surface area contributed by atoms with E-state index in [1.165, 1.54) is 12.8 Å². The van der Waals surface area contributed by atoms with E-state index in [1.807, 2.05) is 25.1 Å². The molecule has 1 aliphatic carbocycles. The Morgan fingerprint density at radius 1 is 1.23 bits per heavy atom. The first kappa shape index (κ1) is 17.2. The van der Waals surface area contributed by atoms with E-state index in [9.17, 15) is 8.42 Å². The Kier molecular flexibility index (Phi) is 5.81. The van der Waals surface area contributed by atoms with E-state index in [4.69, 9.17) is 0 Å². The molecule has 4 heteroatoms. The molecule has 1 aromatic carbocycles. The average molecular weight is 321 g/mol. The fraction of sp³-hybridized carbons (Fsp3) is 0.556. The van der Waals surface area contributed by atoms with Crippen LogP contribution in [-0.4, -0.2) is 15.0 Å². The second-order valence-corrected chi connectivity index (χ2v) is 8.29. The highest BCUT2D eigenvalue weighted by molar-refractivity contribution is 7.89. The molecule has 2 rings (SSSR count). The van der Waals surface area contributed by atoms with Crippen LogP contribution in [0.3, 0.4) is 0 Å². The van der Waals surface area contributed by atoms with Crippen LogP contribution in [0.25, 0.3) is 0 Å². The maximum Gasteiger partial charge on any atom is 0.240 e. The van der Waals surface area contributed by atoms with Crippen molar-refractivity contribution in [3.8, 4) is 0 Å². The lowest BCUT2D eigenvalue weighted by Crippen LogP contribution is -2.36. The van der Waals surface area contributed by atoms with Gasteiger partial charge in [-0.1, -0.05) is 36.6 Å². The van der Waals surface area contributed by atoms with Crippen LogP contribution in [0.5, 0.6) is 0 Å². The molecule has 3 nitrogen and oxygen atoms in total. The number of benzene rings is 1. The van der Waals surface area contributed by atoms with Crippen molar-refractivity contribution in [1.82, 2.24) is 4.72 Å². The summed E-state index contributed by atoms with van der Waals surface area (Å²) in [6.45, 7) is 6.28. The molecule has 1 saturated carbocycles. The molecule has 1 aliphatic rings. The van der Waals surface area contributed by atoms with Crippen molar-refractivity contribution in [2.75, 3.05) is 6.54 Å². The van der Waals surface area contributed by atoms with Crippen LogP contribution in [0.15, 0.2) is 41.8 Å². The normalized spacial score (nSPS) is 17.5. The lowest BCUT2D eigenvalue weighted by molar-refractivity contribution is 0.266. The smallest absolute Gasteiger partial charge is 0.211 e. The predicted molar refractivity (Wildman–Crippen MR) is 91.3 cm³/mol. The zero-order chi connectivity index (χ0) is 16.1. The number of hydrogen-bond acceptors (Lipinski definition) is 2. The van der Waals surface area contributed by atoms with Crippen molar-refractivity contribution >= 4 is 10.0 Å². The summed E-state index contributed by atoms with van der Waals surface area (Å²) in [5.74, 6) is 0. The van der Waals surface area contributed by atoms with E-state index in [-0.39, 0.29) is 5.41 Å². The van der Waals surface area contributed by atoms with Crippen molar-refractivity contribution in [1.29, 1.82) is 0 Å². The minimum Gasteiger partial charge on any atom is -0.211 e. The maximum atomic E-state index is 12.4. The number of sulfonamides is 1. The Morgan fingerprint density at radius 2 is 1.86 bits per heavy atom. The first-order valence-electron chi connectivity index (χ1n) is 8.15. The third kappa shape index (κ3) is 4.43. The summed E-state index contributed by atoms with van der Waals surface area (Å²) in [5, 5.41) is 0. The number of unbranched alkanes of at least 4 members (excludes halogenated alkanes) is 1. The number of nitrogens with one attached hydrogen (secondary N) is 1. The number of aryl methyl sites for hydroxylation is 1. The second kappa shape index (κ2) is 7.42. The fourth-order valence-corrected chi connectivity index (χ4v) is 4.47. The van der Waals surface area contributed by atoms with Crippen molar-refractivity contribution in [3.63, 3.8) is 0 Å². The van der Waals surface area contributed by atoms with Gasteiger partial charge in [-0.2, -0.15) is 0 Å². The van der Waals surface area contributed by atoms with Crippen LogP contribution in [-0.2, 0) is 10.0 Å². The van der Waals surface area contributed by atoms with Gasteiger partial charge in [0.05, 0.1) is 4.90 Å². The van der Waals surface area contributed by atoms with E-state index >= 15 is 0 Å². The molecule has 0 bridgehead atoms. The van der Waals surface area contributed by atoms with Gasteiger partial charge in [0.25, 0.3) is 0 Å². The molecule has 0 amide bonds. The van der Waals surface area contributed by atoms with Gasteiger partial charge >= 0.3 is 0 Å². The SMILES string of the molecule is C=CCCCC1(CNS(=O)(=O)c2ccc(C)cc2)CCCC1. The monoisotopic (exact) mass is 321 g/mol. The summed E-state index contributed by atoms with van der Waals surface area (Å²) in [4.78, 5) is 0.359. The minimum absolute atomic E-state index is 0.140. The van der Waals surface area contributed by atoms with Gasteiger partial charge in [0, 0.05) is 6.54 Å². The summed E-state index contributed by atoms with van der Waals surface area (Å²) < 4.78 is 27.7. The van der Waals surface area contributed by atoms with Gasteiger partial charge in [-0.25, -0.2) is 13.1 Å². The van der Waals surface area contributed by atoms with Gasteiger partial charge in [-0.15, -0.1) is 6.58 Å². The van der Waals surface area contributed by atoms with Crippen molar-refractivity contribution in [2.45, 2.75) is 56.8 Å². The lowest BCUT2D eigenvalue weighted by atomic mass is 9.81. The summed E-state index contributed by atoms with van der Waals surface area (Å²) in [6.07, 6.45) is 9.79. The Bertz CT molecular complexity index is 584. The average Bonchev–Trinajstić information content (AvgIpc) is 2.96. The quantitative estimate of drug-likeness (QED) is 0.576. The zero-order valence-corrected chi connectivity index (χ0v) is 14.3. The molecule has 1 N–H and O–H groups in total. The van der Waals surface area contributed by atoms with Gasteiger partial charge in [-0.3, -0.25) is 0 Å².